The number of hydrogen-bond donors (Lipinski definition) is 1. The van der Waals surface area contributed by atoms with Gasteiger partial charge in [0.1, 0.15) is 0 Å². The lowest BCUT2D eigenvalue weighted by atomic mass is 9.88. The van der Waals surface area contributed by atoms with Crippen molar-refractivity contribution in [1.82, 2.24) is 5.32 Å². The molecule has 68 valence electrons. The highest BCUT2D eigenvalue weighted by Gasteiger charge is 2.23. The minimum absolute atomic E-state index is 0.585. The molecule has 1 N–H and O–H groups in total. The molecule has 0 amide bonds. The zero-order chi connectivity index (χ0) is 8.39. The van der Waals surface area contributed by atoms with Gasteiger partial charge in [-0.3, -0.25) is 4.99 Å². The fourth-order valence-electron chi connectivity index (χ4n) is 2.20. The van der Waals surface area contributed by atoms with Crippen molar-refractivity contribution in [1.29, 1.82) is 0 Å². The van der Waals surface area contributed by atoms with Gasteiger partial charge in [0.15, 0.2) is 0 Å². The van der Waals surface area contributed by atoms with Crippen LogP contribution in [0.3, 0.4) is 0 Å². The second kappa shape index (κ2) is 3.46. The Kier molecular flexibility index (Phi) is 2.33. The van der Waals surface area contributed by atoms with Crippen LogP contribution in [0.1, 0.15) is 39.0 Å². The quantitative estimate of drug-likeness (QED) is 0.632. The summed E-state index contributed by atoms with van der Waals surface area (Å²) >= 11 is 0. The maximum Gasteiger partial charge on any atom is 0.0998 e. The van der Waals surface area contributed by atoms with Gasteiger partial charge in [0.2, 0.25) is 0 Å². The molecule has 1 heterocycles. The molecule has 0 saturated heterocycles. The Morgan fingerprint density at radius 2 is 2.00 bits per heavy atom. The molecule has 0 aromatic rings. The van der Waals surface area contributed by atoms with Gasteiger partial charge in [0, 0.05) is 12.0 Å². The molecule has 1 atom stereocenters. The summed E-state index contributed by atoms with van der Waals surface area (Å²) < 4.78 is 0. The van der Waals surface area contributed by atoms with E-state index in [4.69, 9.17) is 0 Å². The largest absolute Gasteiger partial charge is 0.369 e. The molecule has 2 aliphatic rings. The van der Waals surface area contributed by atoms with E-state index in [-0.39, 0.29) is 0 Å². The first-order valence-corrected chi connectivity index (χ1v) is 5.17. The van der Waals surface area contributed by atoms with Crippen molar-refractivity contribution in [2.24, 2.45) is 10.9 Å². The summed E-state index contributed by atoms with van der Waals surface area (Å²) in [5.41, 5.74) is 0. The van der Waals surface area contributed by atoms with Crippen LogP contribution in [0.25, 0.3) is 0 Å². The van der Waals surface area contributed by atoms with Gasteiger partial charge in [-0.1, -0.05) is 19.3 Å². The summed E-state index contributed by atoms with van der Waals surface area (Å²) in [5, 5.41) is 3.47. The molecule has 12 heavy (non-hydrogen) atoms. The zero-order valence-corrected chi connectivity index (χ0v) is 7.84. The van der Waals surface area contributed by atoms with Gasteiger partial charge in [0.25, 0.3) is 0 Å². The highest BCUT2D eigenvalue weighted by Crippen LogP contribution is 2.25. The van der Waals surface area contributed by atoms with E-state index in [9.17, 15) is 0 Å². The first-order chi connectivity index (χ1) is 5.86. The molecule has 0 aromatic heterocycles. The van der Waals surface area contributed by atoms with E-state index in [1.54, 1.807) is 0 Å². The summed E-state index contributed by atoms with van der Waals surface area (Å²) in [6.07, 6.45) is 6.95. The van der Waals surface area contributed by atoms with E-state index >= 15 is 0 Å². The Balaban J connectivity index is 1.91. The van der Waals surface area contributed by atoms with Crippen molar-refractivity contribution in [2.45, 2.75) is 45.1 Å². The van der Waals surface area contributed by atoms with Crippen molar-refractivity contribution in [3.63, 3.8) is 0 Å². The molecule has 0 bridgehead atoms. The fourth-order valence-corrected chi connectivity index (χ4v) is 2.20. The van der Waals surface area contributed by atoms with Crippen LogP contribution < -0.4 is 5.32 Å². The molecule has 1 aliphatic carbocycles. The first-order valence-electron chi connectivity index (χ1n) is 5.17. The van der Waals surface area contributed by atoms with E-state index in [0.29, 0.717) is 6.04 Å². The average molecular weight is 166 g/mol. The minimum atomic E-state index is 0.585. The van der Waals surface area contributed by atoms with Crippen LogP contribution in [0.2, 0.25) is 0 Å². The highest BCUT2D eigenvalue weighted by atomic mass is 15.1. The highest BCUT2D eigenvalue weighted by molar-refractivity contribution is 5.86. The van der Waals surface area contributed by atoms with Gasteiger partial charge >= 0.3 is 0 Å². The van der Waals surface area contributed by atoms with Gasteiger partial charge in [-0.25, -0.2) is 0 Å². The van der Waals surface area contributed by atoms with Gasteiger partial charge in [-0.2, -0.15) is 0 Å². The SMILES string of the molecule is CC1CN=C(C2CCCCC2)N1. The second-order valence-electron chi connectivity index (χ2n) is 4.11. The standard InChI is InChI=1S/C10H18N2/c1-8-7-11-10(12-8)9-5-3-2-4-6-9/h8-9H,2-7H2,1H3,(H,11,12). The second-order valence-corrected chi connectivity index (χ2v) is 4.11. The van der Waals surface area contributed by atoms with Crippen LogP contribution >= 0.6 is 0 Å². The summed E-state index contributed by atoms with van der Waals surface area (Å²) in [5.74, 6) is 2.07. The monoisotopic (exact) mass is 166 g/mol. The van der Waals surface area contributed by atoms with E-state index in [0.717, 1.165) is 12.5 Å². The number of aliphatic imine (C=N–C) groups is 1. The van der Waals surface area contributed by atoms with Crippen LogP contribution in [0, 0.1) is 5.92 Å². The summed E-state index contributed by atoms with van der Waals surface area (Å²) in [6.45, 7) is 3.20. The third kappa shape index (κ3) is 1.62. The average Bonchev–Trinajstić information content (AvgIpc) is 2.54. The molecular formula is C10H18N2. The maximum atomic E-state index is 4.55. The van der Waals surface area contributed by atoms with Gasteiger partial charge in [0.05, 0.1) is 12.4 Å². The van der Waals surface area contributed by atoms with Crippen LogP contribution in [0.15, 0.2) is 4.99 Å². The molecule has 1 aliphatic heterocycles. The molecule has 1 fully saturated rings. The zero-order valence-electron chi connectivity index (χ0n) is 7.84. The third-order valence-corrected chi connectivity index (χ3v) is 2.92. The van der Waals surface area contributed by atoms with Crippen molar-refractivity contribution in [3.05, 3.63) is 0 Å². The lowest BCUT2D eigenvalue weighted by Crippen LogP contribution is -2.33. The van der Waals surface area contributed by atoms with Crippen molar-refractivity contribution in [2.75, 3.05) is 6.54 Å². The van der Waals surface area contributed by atoms with Crippen molar-refractivity contribution >= 4 is 5.84 Å². The lowest BCUT2D eigenvalue weighted by molar-refractivity contribution is 0.433. The molecule has 2 rings (SSSR count). The van der Waals surface area contributed by atoms with Crippen LogP contribution in [0.5, 0.6) is 0 Å². The molecule has 0 spiro atoms. The predicted molar refractivity (Wildman–Crippen MR) is 51.5 cm³/mol. The molecule has 0 aromatic carbocycles. The summed E-state index contributed by atoms with van der Waals surface area (Å²) in [6, 6.07) is 0.585. The van der Waals surface area contributed by atoms with Gasteiger partial charge in [-0.05, 0) is 19.8 Å². The molecule has 2 nitrogen and oxygen atoms in total. The number of hydrogen-bond acceptors (Lipinski definition) is 2. The number of rotatable bonds is 1. The van der Waals surface area contributed by atoms with E-state index in [2.05, 4.69) is 17.2 Å². The maximum absolute atomic E-state index is 4.55. The Labute approximate surface area is 74.5 Å². The Hall–Kier alpha value is -0.530. The van der Waals surface area contributed by atoms with Gasteiger partial charge < -0.3 is 5.32 Å². The molecule has 1 unspecified atom stereocenters. The number of nitrogens with one attached hydrogen (secondary N) is 1. The number of nitrogens with zero attached hydrogens (tertiary/aromatic N) is 1. The molecule has 0 radical (unpaired) electrons. The summed E-state index contributed by atoms with van der Waals surface area (Å²) in [4.78, 5) is 4.55. The summed E-state index contributed by atoms with van der Waals surface area (Å²) in [7, 11) is 0. The van der Waals surface area contributed by atoms with Gasteiger partial charge in [-0.15, -0.1) is 0 Å². The van der Waals surface area contributed by atoms with Crippen LogP contribution in [0.4, 0.5) is 0 Å². The van der Waals surface area contributed by atoms with E-state index in [1.807, 2.05) is 0 Å². The third-order valence-electron chi connectivity index (χ3n) is 2.92. The molecule has 2 heteroatoms. The van der Waals surface area contributed by atoms with Crippen molar-refractivity contribution in [3.8, 4) is 0 Å². The number of amidine groups is 1. The Bertz CT molecular complexity index is 180. The van der Waals surface area contributed by atoms with Crippen LogP contribution in [-0.2, 0) is 0 Å². The normalized spacial score (nSPS) is 31.4. The van der Waals surface area contributed by atoms with E-state index in [1.165, 1.54) is 37.9 Å². The van der Waals surface area contributed by atoms with Crippen molar-refractivity contribution < 1.29 is 0 Å². The minimum Gasteiger partial charge on any atom is -0.369 e. The van der Waals surface area contributed by atoms with E-state index < -0.39 is 0 Å². The molecular weight excluding hydrogens is 148 g/mol. The fraction of sp³-hybridized carbons (Fsp3) is 0.900. The first kappa shape index (κ1) is 8.09. The predicted octanol–water partition coefficient (Wildman–Crippen LogP) is 1.96. The smallest absolute Gasteiger partial charge is 0.0998 e. The Morgan fingerprint density at radius 1 is 1.25 bits per heavy atom. The molecule has 1 saturated carbocycles. The lowest BCUT2D eigenvalue weighted by Gasteiger charge is -2.22. The topological polar surface area (TPSA) is 24.4 Å². The van der Waals surface area contributed by atoms with Crippen LogP contribution in [-0.4, -0.2) is 18.4 Å². The Morgan fingerprint density at radius 3 is 2.58 bits per heavy atom.